The van der Waals surface area contributed by atoms with Crippen molar-refractivity contribution in [3.63, 3.8) is 0 Å². The summed E-state index contributed by atoms with van der Waals surface area (Å²) < 4.78 is 5.46. The van der Waals surface area contributed by atoms with E-state index in [-0.39, 0.29) is 11.3 Å². The number of aliphatic carboxylic acids is 1. The van der Waals surface area contributed by atoms with Gasteiger partial charge in [-0.2, -0.15) is 0 Å². The average Bonchev–Trinajstić information content (AvgIpc) is 2.96. The summed E-state index contributed by atoms with van der Waals surface area (Å²) in [6.07, 6.45) is 3.03. The molecule has 0 amide bonds. The van der Waals surface area contributed by atoms with E-state index in [2.05, 4.69) is 22.8 Å². The third-order valence-electron chi connectivity index (χ3n) is 5.99. The van der Waals surface area contributed by atoms with Crippen molar-refractivity contribution in [3.05, 3.63) is 29.8 Å². The molecule has 1 N–H and O–H groups in total. The Morgan fingerprint density at radius 3 is 2.64 bits per heavy atom. The van der Waals surface area contributed by atoms with Gasteiger partial charge in [-0.3, -0.25) is 9.69 Å². The molecule has 0 aliphatic carbocycles. The summed E-state index contributed by atoms with van der Waals surface area (Å²) in [5, 5.41) is 9.73. The van der Waals surface area contributed by atoms with Crippen LogP contribution in [0.1, 0.15) is 31.7 Å². The lowest BCUT2D eigenvalue weighted by Crippen LogP contribution is -2.45. The minimum atomic E-state index is -0.614. The van der Waals surface area contributed by atoms with Crippen LogP contribution in [0.25, 0.3) is 0 Å². The van der Waals surface area contributed by atoms with Crippen molar-refractivity contribution >= 4 is 5.97 Å². The van der Waals surface area contributed by atoms with Crippen molar-refractivity contribution < 1.29 is 14.6 Å². The maximum Gasteiger partial charge on any atom is 0.308 e. The van der Waals surface area contributed by atoms with E-state index in [1.54, 1.807) is 7.11 Å². The lowest BCUT2D eigenvalue weighted by molar-refractivity contribution is -0.145. The summed E-state index contributed by atoms with van der Waals surface area (Å²) in [7, 11) is 1.71. The van der Waals surface area contributed by atoms with Gasteiger partial charge in [-0.15, -0.1) is 0 Å². The van der Waals surface area contributed by atoms with Crippen LogP contribution in [0, 0.1) is 11.3 Å². The number of benzene rings is 1. The molecular formula is C20H30N2O3. The molecule has 1 aromatic carbocycles. The van der Waals surface area contributed by atoms with Crippen LogP contribution in [0.2, 0.25) is 0 Å². The first kappa shape index (κ1) is 18.2. The van der Waals surface area contributed by atoms with Crippen LogP contribution in [-0.2, 0) is 11.3 Å². The monoisotopic (exact) mass is 346 g/mol. The van der Waals surface area contributed by atoms with Crippen LogP contribution < -0.4 is 4.74 Å². The molecule has 2 aliphatic rings. The number of likely N-dealkylation sites (tertiary alicyclic amines) is 2. The molecule has 0 radical (unpaired) electrons. The third kappa shape index (κ3) is 3.82. The highest BCUT2D eigenvalue weighted by molar-refractivity contribution is 5.72. The van der Waals surface area contributed by atoms with Gasteiger partial charge in [-0.25, -0.2) is 0 Å². The molecule has 5 nitrogen and oxygen atoms in total. The molecule has 0 saturated carbocycles. The van der Waals surface area contributed by atoms with Crippen molar-refractivity contribution in [1.82, 2.24) is 9.80 Å². The van der Waals surface area contributed by atoms with Gasteiger partial charge < -0.3 is 14.7 Å². The van der Waals surface area contributed by atoms with E-state index in [0.29, 0.717) is 0 Å². The quantitative estimate of drug-likeness (QED) is 0.858. The van der Waals surface area contributed by atoms with Crippen molar-refractivity contribution in [3.8, 4) is 5.75 Å². The number of carboxylic acid groups (broad SMARTS) is 1. The summed E-state index contributed by atoms with van der Waals surface area (Å²) in [6.45, 7) is 7.63. The smallest absolute Gasteiger partial charge is 0.308 e. The predicted octanol–water partition coefficient (Wildman–Crippen LogP) is 2.70. The lowest BCUT2D eigenvalue weighted by atomic mass is 9.71. The molecule has 1 unspecified atom stereocenters. The Balaban J connectivity index is 1.65. The first-order chi connectivity index (χ1) is 12.1. The highest BCUT2D eigenvalue weighted by atomic mass is 16.5. The SMILES string of the molecule is CCCN1CC(C(=O)O)C2(CCN(Cc3ccccc3OC)CC2)C1. The Morgan fingerprint density at radius 2 is 2.00 bits per heavy atom. The molecule has 2 heterocycles. The minimum Gasteiger partial charge on any atom is -0.496 e. The van der Waals surface area contributed by atoms with Crippen LogP contribution in [0.3, 0.4) is 0 Å². The molecule has 1 spiro atoms. The molecule has 2 aliphatic heterocycles. The number of hydrogen-bond donors (Lipinski definition) is 1. The van der Waals surface area contributed by atoms with E-state index >= 15 is 0 Å². The number of rotatable bonds is 6. The number of nitrogens with zero attached hydrogens (tertiary/aromatic N) is 2. The Hall–Kier alpha value is -1.59. The fourth-order valence-electron chi connectivity index (χ4n) is 4.64. The van der Waals surface area contributed by atoms with Crippen molar-refractivity contribution in [1.29, 1.82) is 0 Å². The maximum absolute atomic E-state index is 11.8. The van der Waals surface area contributed by atoms with Crippen molar-refractivity contribution in [2.45, 2.75) is 32.7 Å². The van der Waals surface area contributed by atoms with Crippen LogP contribution in [-0.4, -0.2) is 60.7 Å². The highest BCUT2D eigenvalue weighted by Gasteiger charge is 2.50. The lowest BCUT2D eigenvalue weighted by Gasteiger charge is -2.41. The molecule has 0 aromatic heterocycles. The predicted molar refractivity (Wildman–Crippen MR) is 97.8 cm³/mol. The molecule has 1 aromatic rings. The summed E-state index contributed by atoms with van der Waals surface area (Å²) in [5.74, 6) is 0.102. The average molecular weight is 346 g/mol. The molecule has 2 saturated heterocycles. The molecule has 138 valence electrons. The standard InChI is InChI=1S/C20H30N2O3/c1-3-10-22-14-17(19(23)24)20(15-22)8-11-21(12-9-20)13-16-6-4-5-7-18(16)25-2/h4-7,17H,3,8-15H2,1-2H3,(H,23,24). The topological polar surface area (TPSA) is 53.0 Å². The van der Waals surface area contributed by atoms with Gasteiger partial charge in [0, 0.05) is 30.6 Å². The van der Waals surface area contributed by atoms with E-state index in [9.17, 15) is 9.90 Å². The molecule has 1 atom stereocenters. The van der Waals surface area contributed by atoms with Gasteiger partial charge in [0.15, 0.2) is 0 Å². The maximum atomic E-state index is 11.8. The summed E-state index contributed by atoms with van der Waals surface area (Å²) >= 11 is 0. The minimum absolute atomic E-state index is 0.0434. The van der Waals surface area contributed by atoms with E-state index in [4.69, 9.17) is 4.74 Å². The Kier molecular flexibility index (Phi) is 5.64. The third-order valence-corrected chi connectivity index (χ3v) is 5.99. The molecular weight excluding hydrogens is 316 g/mol. The molecule has 2 fully saturated rings. The van der Waals surface area contributed by atoms with Gasteiger partial charge in [-0.05, 0) is 45.0 Å². The Bertz CT molecular complexity index is 596. The number of piperidine rings is 1. The summed E-state index contributed by atoms with van der Waals surface area (Å²) in [4.78, 5) is 16.6. The summed E-state index contributed by atoms with van der Waals surface area (Å²) in [6, 6.07) is 8.15. The van der Waals surface area contributed by atoms with Gasteiger partial charge in [0.25, 0.3) is 0 Å². The fourth-order valence-corrected chi connectivity index (χ4v) is 4.64. The Labute approximate surface area is 150 Å². The number of methoxy groups -OCH3 is 1. The van der Waals surface area contributed by atoms with Crippen LogP contribution in [0.15, 0.2) is 24.3 Å². The van der Waals surface area contributed by atoms with E-state index < -0.39 is 5.97 Å². The van der Waals surface area contributed by atoms with Gasteiger partial charge in [0.2, 0.25) is 0 Å². The first-order valence-corrected chi connectivity index (χ1v) is 9.37. The largest absolute Gasteiger partial charge is 0.496 e. The van der Waals surface area contributed by atoms with E-state index in [0.717, 1.165) is 64.3 Å². The number of para-hydroxylation sites is 1. The number of carbonyl (C=O) groups is 1. The second kappa shape index (κ2) is 7.75. The second-order valence-electron chi connectivity index (χ2n) is 7.58. The zero-order valence-electron chi connectivity index (χ0n) is 15.4. The zero-order valence-corrected chi connectivity index (χ0v) is 15.4. The molecule has 5 heteroatoms. The van der Waals surface area contributed by atoms with E-state index in [1.165, 1.54) is 5.56 Å². The number of ether oxygens (including phenoxy) is 1. The van der Waals surface area contributed by atoms with Gasteiger partial charge in [-0.1, -0.05) is 25.1 Å². The fraction of sp³-hybridized carbons (Fsp3) is 0.650. The molecule has 25 heavy (non-hydrogen) atoms. The zero-order chi connectivity index (χ0) is 17.9. The molecule has 3 rings (SSSR count). The van der Waals surface area contributed by atoms with Crippen LogP contribution >= 0.6 is 0 Å². The number of carboxylic acids is 1. The van der Waals surface area contributed by atoms with Crippen LogP contribution in [0.4, 0.5) is 0 Å². The van der Waals surface area contributed by atoms with Gasteiger partial charge in [0.1, 0.15) is 5.75 Å². The molecule has 0 bridgehead atoms. The normalized spacial score (nSPS) is 23.8. The van der Waals surface area contributed by atoms with Crippen molar-refractivity contribution in [2.24, 2.45) is 11.3 Å². The number of hydrogen-bond acceptors (Lipinski definition) is 4. The summed E-state index contributed by atoms with van der Waals surface area (Å²) in [5.41, 5.74) is 1.16. The van der Waals surface area contributed by atoms with Gasteiger partial charge in [0.05, 0.1) is 13.0 Å². The van der Waals surface area contributed by atoms with Crippen LogP contribution in [0.5, 0.6) is 5.75 Å². The highest BCUT2D eigenvalue weighted by Crippen LogP contribution is 2.45. The first-order valence-electron chi connectivity index (χ1n) is 9.37. The van der Waals surface area contributed by atoms with Crippen molar-refractivity contribution in [2.75, 3.05) is 39.8 Å². The Morgan fingerprint density at radius 1 is 1.28 bits per heavy atom. The van der Waals surface area contributed by atoms with E-state index in [1.807, 2.05) is 18.2 Å². The van der Waals surface area contributed by atoms with Gasteiger partial charge >= 0.3 is 5.97 Å². The second-order valence-corrected chi connectivity index (χ2v) is 7.58.